The second kappa shape index (κ2) is 9.27. The molecule has 2 aromatic heterocycles. The van der Waals surface area contributed by atoms with E-state index in [2.05, 4.69) is 15.0 Å². The Morgan fingerprint density at radius 3 is 2.59 bits per heavy atom. The molecular formula is C19H26N4O4S2. The fraction of sp³-hybridized carbons (Fsp3) is 0.526. The van der Waals surface area contributed by atoms with Crippen molar-refractivity contribution in [2.45, 2.75) is 24.6 Å². The molecule has 0 radical (unpaired) electrons. The van der Waals surface area contributed by atoms with Crippen LogP contribution < -0.4 is 0 Å². The summed E-state index contributed by atoms with van der Waals surface area (Å²) in [6.07, 6.45) is 2.94. The molecule has 0 atom stereocenters. The highest BCUT2D eigenvalue weighted by atomic mass is 32.2. The van der Waals surface area contributed by atoms with Gasteiger partial charge in [-0.25, -0.2) is 13.4 Å². The molecule has 0 spiro atoms. The van der Waals surface area contributed by atoms with Crippen molar-refractivity contribution < 1.29 is 17.7 Å². The smallest absolute Gasteiger partial charge is 0.256 e. The molecule has 1 amide bonds. The van der Waals surface area contributed by atoms with Gasteiger partial charge in [-0.2, -0.15) is 0 Å². The molecule has 1 fully saturated rings. The lowest BCUT2D eigenvalue weighted by Crippen LogP contribution is -2.49. The summed E-state index contributed by atoms with van der Waals surface area (Å²) in [5, 5.41) is 4.66. The van der Waals surface area contributed by atoms with E-state index >= 15 is 0 Å². The lowest BCUT2D eigenvalue weighted by molar-refractivity contribution is 0.0640. The molecule has 158 valence electrons. The van der Waals surface area contributed by atoms with E-state index in [1.54, 1.807) is 18.3 Å². The largest absolute Gasteiger partial charge is 0.361 e. The van der Waals surface area contributed by atoms with Gasteiger partial charge in [0.1, 0.15) is 20.6 Å². The summed E-state index contributed by atoms with van der Waals surface area (Å²) in [6, 6.07) is 3.58. The van der Waals surface area contributed by atoms with Crippen LogP contribution in [0.5, 0.6) is 0 Å². The highest BCUT2D eigenvalue weighted by Gasteiger charge is 2.25. The van der Waals surface area contributed by atoms with Crippen LogP contribution >= 0.6 is 11.8 Å². The summed E-state index contributed by atoms with van der Waals surface area (Å²) in [7, 11) is -2.98. The average molecular weight is 439 g/mol. The van der Waals surface area contributed by atoms with Gasteiger partial charge in [-0.1, -0.05) is 5.16 Å². The summed E-state index contributed by atoms with van der Waals surface area (Å²) in [4.78, 5) is 21.4. The second-order valence-electron chi connectivity index (χ2n) is 7.21. The average Bonchev–Trinajstić information content (AvgIpc) is 3.02. The quantitative estimate of drug-likeness (QED) is 0.604. The topological polar surface area (TPSA) is 96.6 Å². The highest BCUT2D eigenvalue weighted by Crippen LogP contribution is 2.28. The van der Waals surface area contributed by atoms with Crippen molar-refractivity contribution in [3.8, 4) is 0 Å². The zero-order valence-electron chi connectivity index (χ0n) is 16.9. The first kappa shape index (κ1) is 21.8. The summed E-state index contributed by atoms with van der Waals surface area (Å²) in [5.74, 6) is 1.52. The van der Waals surface area contributed by atoms with Gasteiger partial charge in [-0.15, -0.1) is 11.8 Å². The molecule has 10 heteroatoms. The predicted molar refractivity (Wildman–Crippen MR) is 112 cm³/mol. The van der Waals surface area contributed by atoms with Gasteiger partial charge in [0, 0.05) is 56.5 Å². The number of amides is 1. The van der Waals surface area contributed by atoms with Gasteiger partial charge < -0.3 is 9.42 Å². The Balaban J connectivity index is 1.62. The maximum atomic E-state index is 13.1. The van der Waals surface area contributed by atoms with Gasteiger partial charge >= 0.3 is 0 Å². The van der Waals surface area contributed by atoms with Gasteiger partial charge in [0.15, 0.2) is 0 Å². The number of pyridine rings is 1. The van der Waals surface area contributed by atoms with Crippen molar-refractivity contribution in [1.82, 2.24) is 19.9 Å². The number of carbonyl (C=O) groups excluding carboxylic acids is 1. The Morgan fingerprint density at radius 2 is 1.97 bits per heavy atom. The molecule has 0 bridgehead atoms. The van der Waals surface area contributed by atoms with Gasteiger partial charge in [-0.3, -0.25) is 9.69 Å². The molecule has 0 N–H and O–H groups in total. The number of carbonyl (C=O) groups is 1. The van der Waals surface area contributed by atoms with Crippen LogP contribution in [-0.2, 0) is 15.6 Å². The number of aryl methyl sites for hydroxylation is 2. The third-order valence-corrected chi connectivity index (χ3v) is 6.93. The lowest BCUT2D eigenvalue weighted by Gasteiger charge is -2.34. The van der Waals surface area contributed by atoms with Gasteiger partial charge in [0.25, 0.3) is 5.91 Å². The SMILES string of the molecule is Cc1noc(C)c1CSc1ncccc1C(=O)N1CCN(CCS(C)(=O)=O)CC1. The van der Waals surface area contributed by atoms with Crippen molar-refractivity contribution in [2.24, 2.45) is 0 Å². The number of thioether (sulfide) groups is 1. The van der Waals surface area contributed by atoms with E-state index in [1.165, 1.54) is 18.0 Å². The van der Waals surface area contributed by atoms with Crippen LogP contribution in [0.3, 0.4) is 0 Å². The van der Waals surface area contributed by atoms with Gasteiger partial charge in [0.2, 0.25) is 0 Å². The van der Waals surface area contributed by atoms with Crippen LogP contribution in [0.4, 0.5) is 0 Å². The van der Waals surface area contributed by atoms with E-state index in [-0.39, 0.29) is 11.7 Å². The van der Waals surface area contributed by atoms with Crippen molar-refractivity contribution >= 4 is 27.5 Å². The number of nitrogens with zero attached hydrogens (tertiary/aromatic N) is 4. The fourth-order valence-electron chi connectivity index (χ4n) is 3.16. The van der Waals surface area contributed by atoms with Crippen LogP contribution in [0.2, 0.25) is 0 Å². The van der Waals surface area contributed by atoms with E-state index in [0.717, 1.165) is 17.0 Å². The Bertz CT molecular complexity index is 947. The third kappa shape index (κ3) is 5.80. The number of aromatic nitrogens is 2. The predicted octanol–water partition coefficient (Wildman–Crippen LogP) is 1.78. The molecule has 0 saturated carbocycles. The van der Waals surface area contributed by atoms with E-state index in [1.807, 2.05) is 18.7 Å². The molecule has 0 unspecified atom stereocenters. The van der Waals surface area contributed by atoms with E-state index in [0.29, 0.717) is 49.1 Å². The minimum absolute atomic E-state index is 0.0397. The molecule has 3 heterocycles. The van der Waals surface area contributed by atoms with Crippen molar-refractivity contribution in [3.05, 3.63) is 40.9 Å². The fourth-order valence-corrected chi connectivity index (χ4v) is 4.89. The number of piperazine rings is 1. The van der Waals surface area contributed by atoms with Crippen LogP contribution in [-0.4, -0.2) is 79.0 Å². The summed E-state index contributed by atoms with van der Waals surface area (Å²) < 4.78 is 27.9. The first-order valence-electron chi connectivity index (χ1n) is 9.43. The number of rotatable bonds is 7. The van der Waals surface area contributed by atoms with E-state index in [9.17, 15) is 13.2 Å². The minimum Gasteiger partial charge on any atom is -0.361 e. The van der Waals surface area contributed by atoms with Crippen molar-refractivity contribution in [3.63, 3.8) is 0 Å². The Morgan fingerprint density at radius 1 is 1.24 bits per heavy atom. The molecule has 3 rings (SSSR count). The minimum atomic E-state index is -2.98. The second-order valence-corrected chi connectivity index (χ2v) is 10.4. The standard InChI is InChI=1S/C19H26N4O4S2/c1-14-17(15(2)27-21-14)13-28-18-16(5-4-6-20-18)19(24)23-9-7-22(8-10-23)11-12-29(3,25)26/h4-6H,7-13H2,1-3H3. The van der Waals surface area contributed by atoms with E-state index < -0.39 is 9.84 Å². The Kier molecular flexibility index (Phi) is 6.97. The van der Waals surface area contributed by atoms with Crippen LogP contribution in [0.1, 0.15) is 27.4 Å². The molecule has 0 aliphatic carbocycles. The molecular weight excluding hydrogens is 412 g/mol. The maximum absolute atomic E-state index is 13.1. The van der Waals surface area contributed by atoms with Gasteiger partial charge in [-0.05, 0) is 26.0 Å². The molecule has 1 aliphatic rings. The zero-order valence-corrected chi connectivity index (χ0v) is 18.6. The monoisotopic (exact) mass is 438 g/mol. The van der Waals surface area contributed by atoms with E-state index in [4.69, 9.17) is 4.52 Å². The Labute approximate surface area is 175 Å². The normalized spacial score (nSPS) is 15.6. The first-order chi connectivity index (χ1) is 13.7. The number of hydrogen-bond acceptors (Lipinski definition) is 8. The summed E-state index contributed by atoms with van der Waals surface area (Å²) in [6.45, 7) is 6.78. The maximum Gasteiger partial charge on any atom is 0.256 e. The third-order valence-electron chi connectivity index (χ3n) is 4.97. The molecule has 2 aromatic rings. The van der Waals surface area contributed by atoms with Gasteiger partial charge in [0.05, 0.1) is 17.0 Å². The molecule has 8 nitrogen and oxygen atoms in total. The summed E-state index contributed by atoms with van der Waals surface area (Å²) >= 11 is 1.50. The lowest BCUT2D eigenvalue weighted by atomic mass is 10.2. The summed E-state index contributed by atoms with van der Waals surface area (Å²) in [5.41, 5.74) is 2.47. The van der Waals surface area contributed by atoms with Crippen LogP contribution in [0, 0.1) is 13.8 Å². The molecule has 29 heavy (non-hydrogen) atoms. The zero-order chi connectivity index (χ0) is 21.0. The molecule has 1 aliphatic heterocycles. The first-order valence-corrected chi connectivity index (χ1v) is 12.5. The number of hydrogen-bond donors (Lipinski definition) is 0. The highest BCUT2D eigenvalue weighted by molar-refractivity contribution is 7.98. The van der Waals surface area contributed by atoms with Crippen LogP contribution in [0.25, 0.3) is 0 Å². The molecule has 1 saturated heterocycles. The molecule has 0 aromatic carbocycles. The van der Waals surface area contributed by atoms with Crippen molar-refractivity contribution in [2.75, 3.05) is 44.7 Å². The number of sulfone groups is 1. The Hall–Kier alpha value is -1.91. The van der Waals surface area contributed by atoms with Crippen LogP contribution in [0.15, 0.2) is 27.9 Å². The van der Waals surface area contributed by atoms with Crippen molar-refractivity contribution in [1.29, 1.82) is 0 Å².